The maximum Gasteiger partial charge on any atom is 0.300 e. The molecule has 0 bridgehead atoms. The predicted molar refractivity (Wildman–Crippen MR) is 116 cm³/mol. The highest BCUT2D eigenvalue weighted by Gasteiger charge is 2.48. The highest BCUT2D eigenvalue weighted by atomic mass is 19.1. The molecule has 1 N–H and O–H groups in total. The monoisotopic (exact) mass is 416 g/mol. The lowest BCUT2D eigenvalue weighted by atomic mass is 9.97. The van der Waals surface area contributed by atoms with Gasteiger partial charge in [0.2, 0.25) is 0 Å². The summed E-state index contributed by atoms with van der Waals surface area (Å²) >= 11 is 0. The van der Waals surface area contributed by atoms with Crippen LogP contribution in [0.4, 0.5) is 10.1 Å². The second kappa shape index (κ2) is 7.80. The van der Waals surface area contributed by atoms with E-state index in [4.69, 9.17) is 0 Å². The quantitative estimate of drug-likeness (QED) is 0.379. The predicted octanol–water partition coefficient (Wildman–Crippen LogP) is 4.77. The van der Waals surface area contributed by atoms with Gasteiger partial charge < -0.3 is 5.11 Å². The molecule has 156 valence electrons. The fourth-order valence-electron chi connectivity index (χ4n) is 3.84. The first-order valence-corrected chi connectivity index (χ1v) is 9.86. The summed E-state index contributed by atoms with van der Waals surface area (Å²) in [5.74, 6) is -2.33. The lowest BCUT2D eigenvalue weighted by Crippen LogP contribution is -2.30. The maximum absolute atomic E-state index is 13.7. The van der Waals surface area contributed by atoms with E-state index in [1.54, 1.807) is 37.4 Å². The molecule has 31 heavy (non-hydrogen) atoms. The smallest absolute Gasteiger partial charge is 0.300 e. The minimum atomic E-state index is -0.910. The van der Waals surface area contributed by atoms with Crippen molar-refractivity contribution < 1.29 is 19.1 Å². The summed E-state index contributed by atoms with van der Waals surface area (Å²) in [6.07, 6.45) is 1.57. The number of Topliss-reactive ketones (excluding diaryl/α,β-unsaturated/α-hetero) is 1. The van der Waals surface area contributed by atoms with Crippen LogP contribution in [0.3, 0.4) is 0 Å². The first-order chi connectivity index (χ1) is 14.8. The Morgan fingerprint density at radius 1 is 1.00 bits per heavy atom. The third kappa shape index (κ3) is 3.40. The highest BCUT2D eigenvalue weighted by molar-refractivity contribution is 6.51. The van der Waals surface area contributed by atoms with Crippen molar-refractivity contribution in [1.82, 2.24) is 4.98 Å². The zero-order valence-corrected chi connectivity index (χ0v) is 17.4. The number of aryl methyl sites for hydroxylation is 2. The van der Waals surface area contributed by atoms with E-state index in [-0.39, 0.29) is 16.9 Å². The van der Waals surface area contributed by atoms with Crippen molar-refractivity contribution in [2.75, 3.05) is 4.90 Å². The van der Waals surface area contributed by atoms with Crippen LogP contribution < -0.4 is 4.90 Å². The van der Waals surface area contributed by atoms with E-state index in [1.807, 2.05) is 26.0 Å². The van der Waals surface area contributed by atoms with Crippen LogP contribution in [0.15, 0.2) is 66.4 Å². The number of aromatic nitrogens is 1. The number of pyridine rings is 1. The molecule has 1 saturated heterocycles. The van der Waals surface area contributed by atoms with Crippen molar-refractivity contribution in [2.45, 2.75) is 26.8 Å². The van der Waals surface area contributed by atoms with E-state index in [0.29, 0.717) is 16.9 Å². The molecule has 6 heteroatoms. The Morgan fingerprint density at radius 3 is 2.45 bits per heavy atom. The van der Waals surface area contributed by atoms with Gasteiger partial charge in [0.15, 0.2) is 0 Å². The first kappa shape index (κ1) is 20.5. The molecule has 0 aliphatic carbocycles. The number of benzene rings is 2. The lowest BCUT2D eigenvalue weighted by molar-refractivity contribution is -0.132. The SMILES string of the molecule is Cc1cc(/C(O)=C2\C(=O)C(=O)N(c3cccc(C)c3C)C2c2ccccn2)ccc1F. The molecule has 5 nitrogen and oxygen atoms in total. The van der Waals surface area contributed by atoms with E-state index in [2.05, 4.69) is 4.98 Å². The minimum absolute atomic E-state index is 0.0735. The largest absolute Gasteiger partial charge is 0.507 e. The summed E-state index contributed by atoms with van der Waals surface area (Å²) < 4.78 is 13.7. The average molecular weight is 416 g/mol. The van der Waals surface area contributed by atoms with E-state index in [1.165, 1.54) is 23.1 Å². The number of nitrogens with zero attached hydrogens (tertiary/aromatic N) is 2. The Bertz CT molecular complexity index is 1230. The van der Waals surface area contributed by atoms with Crippen LogP contribution in [0.2, 0.25) is 0 Å². The maximum atomic E-state index is 13.7. The molecule has 3 aromatic rings. The number of amides is 1. The molecule has 1 aliphatic heterocycles. The summed E-state index contributed by atoms with van der Waals surface area (Å²) in [6.45, 7) is 5.37. The molecule has 0 radical (unpaired) electrons. The number of rotatable bonds is 3. The van der Waals surface area contributed by atoms with Gasteiger partial charge in [-0.3, -0.25) is 19.5 Å². The van der Waals surface area contributed by atoms with Gasteiger partial charge >= 0.3 is 0 Å². The number of aliphatic hydroxyl groups is 1. The summed E-state index contributed by atoms with van der Waals surface area (Å²) in [6, 6.07) is 13.9. The van der Waals surface area contributed by atoms with Crippen LogP contribution in [0.5, 0.6) is 0 Å². The average Bonchev–Trinajstić information content (AvgIpc) is 3.03. The zero-order valence-electron chi connectivity index (χ0n) is 17.4. The Morgan fingerprint density at radius 2 is 1.77 bits per heavy atom. The Balaban J connectivity index is 1.98. The van der Waals surface area contributed by atoms with Crippen LogP contribution in [-0.2, 0) is 9.59 Å². The lowest BCUT2D eigenvalue weighted by Gasteiger charge is -2.26. The summed E-state index contributed by atoms with van der Waals surface area (Å²) in [4.78, 5) is 32.0. The van der Waals surface area contributed by atoms with Gasteiger partial charge in [0.25, 0.3) is 11.7 Å². The Kier molecular flexibility index (Phi) is 5.15. The van der Waals surface area contributed by atoms with E-state index < -0.39 is 23.5 Å². The van der Waals surface area contributed by atoms with Gasteiger partial charge in [-0.1, -0.05) is 18.2 Å². The first-order valence-electron chi connectivity index (χ1n) is 9.86. The number of carbonyl (C=O) groups excluding carboxylic acids is 2. The van der Waals surface area contributed by atoms with Crippen molar-refractivity contribution in [2.24, 2.45) is 0 Å². The number of anilines is 1. The van der Waals surface area contributed by atoms with Gasteiger partial charge in [-0.15, -0.1) is 0 Å². The van der Waals surface area contributed by atoms with E-state index in [9.17, 15) is 19.1 Å². The minimum Gasteiger partial charge on any atom is -0.507 e. The molecule has 0 spiro atoms. The van der Waals surface area contributed by atoms with Gasteiger partial charge in [-0.2, -0.15) is 0 Å². The molecule has 1 aromatic heterocycles. The second-order valence-corrected chi connectivity index (χ2v) is 7.61. The number of aliphatic hydroxyl groups excluding tert-OH is 1. The number of carbonyl (C=O) groups is 2. The molecular weight excluding hydrogens is 395 g/mol. The van der Waals surface area contributed by atoms with Gasteiger partial charge in [0, 0.05) is 17.4 Å². The Hall–Kier alpha value is -3.80. The van der Waals surface area contributed by atoms with Crippen molar-refractivity contribution in [1.29, 1.82) is 0 Å². The molecule has 1 fully saturated rings. The third-order valence-electron chi connectivity index (χ3n) is 5.68. The number of hydrogen-bond acceptors (Lipinski definition) is 4. The van der Waals surface area contributed by atoms with E-state index in [0.717, 1.165) is 11.1 Å². The van der Waals surface area contributed by atoms with Crippen molar-refractivity contribution >= 4 is 23.1 Å². The van der Waals surface area contributed by atoms with Crippen LogP contribution in [0, 0.1) is 26.6 Å². The van der Waals surface area contributed by atoms with Gasteiger partial charge in [0.1, 0.15) is 17.6 Å². The van der Waals surface area contributed by atoms with Crippen LogP contribution in [-0.4, -0.2) is 21.8 Å². The number of hydrogen-bond donors (Lipinski definition) is 1. The molecule has 0 saturated carbocycles. The molecule has 1 atom stereocenters. The van der Waals surface area contributed by atoms with Gasteiger partial charge in [-0.05, 0) is 73.9 Å². The van der Waals surface area contributed by atoms with Crippen molar-refractivity contribution in [3.63, 3.8) is 0 Å². The van der Waals surface area contributed by atoms with E-state index >= 15 is 0 Å². The normalized spacial score (nSPS) is 17.9. The van der Waals surface area contributed by atoms with Gasteiger partial charge in [-0.25, -0.2) is 4.39 Å². The summed E-state index contributed by atoms with van der Waals surface area (Å²) in [5.41, 5.74) is 3.35. The standard InChI is InChI=1S/C25H21FN2O3/c1-14-7-6-9-20(16(14)3)28-22(19-8-4-5-12-27-19)21(24(30)25(28)31)23(29)17-10-11-18(26)15(2)13-17/h4-13,22,29H,1-3H3/b23-21+. The van der Waals surface area contributed by atoms with Crippen LogP contribution in [0.1, 0.15) is 34.0 Å². The molecule has 4 rings (SSSR count). The third-order valence-corrected chi connectivity index (χ3v) is 5.68. The number of halogens is 1. The number of ketones is 1. The molecule has 1 unspecified atom stereocenters. The van der Waals surface area contributed by atoms with Crippen molar-refractivity contribution in [3.05, 3.63) is 100 Å². The molecule has 2 heterocycles. The molecule has 2 aromatic carbocycles. The Labute approximate surface area is 179 Å². The van der Waals surface area contributed by atoms with Crippen LogP contribution >= 0.6 is 0 Å². The molecular formula is C25H21FN2O3. The molecule has 1 aliphatic rings. The zero-order chi connectivity index (χ0) is 22.3. The fourth-order valence-corrected chi connectivity index (χ4v) is 3.84. The summed E-state index contributed by atoms with van der Waals surface area (Å²) in [7, 11) is 0. The second-order valence-electron chi connectivity index (χ2n) is 7.61. The van der Waals surface area contributed by atoms with Crippen LogP contribution in [0.25, 0.3) is 5.76 Å². The fraction of sp³-hybridized carbons (Fsp3) is 0.160. The highest BCUT2D eigenvalue weighted by Crippen LogP contribution is 2.42. The topological polar surface area (TPSA) is 70.5 Å². The molecule has 1 amide bonds. The summed E-state index contributed by atoms with van der Waals surface area (Å²) in [5, 5.41) is 11.1. The van der Waals surface area contributed by atoms with Crippen molar-refractivity contribution in [3.8, 4) is 0 Å². The van der Waals surface area contributed by atoms with Gasteiger partial charge in [0.05, 0.1) is 11.3 Å².